The third kappa shape index (κ3) is 4.56. The van der Waals surface area contributed by atoms with Gasteiger partial charge in [-0.2, -0.15) is 0 Å². The van der Waals surface area contributed by atoms with Crippen molar-refractivity contribution in [2.75, 3.05) is 14.2 Å². The summed E-state index contributed by atoms with van der Waals surface area (Å²) < 4.78 is 35.9. The normalized spacial score (nSPS) is 11.9. The predicted molar refractivity (Wildman–Crippen MR) is 101 cm³/mol. The second kappa shape index (κ2) is 8.25. The number of hydrogen-bond acceptors (Lipinski definition) is 5. The number of ether oxygens (including phenoxy) is 2. The van der Waals surface area contributed by atoms with E-state index >= 15 is 0 Å². The summed E-state index contributed by atoms with van der Waals surface area (Å²) in [6.45, 7) is 0. The van der Waals surface area contributed by atoms with Gasteiger partial charge >= 0.3 is 0 Å². The molecule has 2 rings (SSSR count). The monoisotopic (exact) mass is 395 g/mol. The summed E-state index contributed by atoms with van der Waals surface area (Å²) in [4.78, 5) is 11.3. The van der Waals surface area contributed by atoms with Gasteiger partial charge in [-0.15, -0.1) is 0 Å². The van der Waals surface area contributed by atoms with Gasteiger partial charge in [-0.1, -0.05) is 29.8 Å². The molecule has 0 saturated heterocycles. The van der Waals surface area contributed by atoms with Crippen LogP contribution in [0.3, 0.4) is 0 Å². The number of primary amides is 1. The van der Waals surface area contributed by atoms with Crippen molar-refractivity contribution in [3.05, 3.63) is 63.5 Å². The molecular weight excluding hydrogens is 378 g/mol. The Bertz CT molecular complexity index is 914. The number of methoxy groups -OCH3 is 2. The van der Waals surface area contributed by atoms with Crippen LogP contribution in [-0.2, 0) is 20.4 Å². The van der Waals surface area contributed by atoms with Gasteiger partial charge in [0.2, 0.25) is 0 Å². The molecule has 0 saturated carbocycles. The van der Waals surface area contributed by atoms with Gasteiger partial charge in [0, 0.05) is 5.02 Å². The number of benzene rings is 2. The molecule has 8 heteroatoms. The van der Waals surface area contributed by atoms with Crippen LogP contribution in [0.4, 0.5) is 0 Å². The molecule has 26 heavy (non-hydrogen) atoms. The number of carbonyl (C=O) groups is 1. The first-order valence-electron chi connectivity index (χ1n) is 7.48. The van der Waals surface area contributed by atoms with Crippen molar-refractivity contribution < 1.29 is 22.7 Å². The minimum atomic E-state index is -4.00. The van der Waals surface area contributed by atoms with Gasteiger partial charge in [0.15, 0.2) is 9.84 Å². The van der Waals surface area contributed by atoms with Gasteiger partial charge in [-0.25, -0.2) is 8.42 Å². The number of rotatable bonds is 7. The highest BCUT2D eigenvalue weighted by atomic mass is 35.5. The molecule has 0 fully saturated rings. The van der Waals surface area contributed by atoms with E-state index in [-0.39, 0.29) is 0 Å². The molecule has 2 N–H and O–H groups in total. The molecule has 0 bridgehead atoms. The summed E-state index contributed by atoms with van der Waals surface area (Å²) in [5.41, 5.74) is 6.13. The van der Waals surface area contributed by atoms with Crippen LogP contribution in [0.1, 0.15) is 11.1 Å². The largest absolute Gasteiger partial charge is 0.496 e. The fraction of sp³-hybridized carbons (Fsp3) is 0.167. The number of carbonyl (C=O) groups excluding carboxylic acids is 1. The lowest BCUT2D eigenvalue weighted by atomic mass is 10.1. The number of halogens is 1. The Balaban J connectivity index is 2.53. The lowest BCUT2D eigenvalue weighted by Crippen LogP contribution is -2.22. The molecule has 0 aromatic heterocycles. The van der Waals surface area contributed by atoms with E-state index in [2.05, 4.69) is 0 Å². The lowest BCUT2D eigenvalue weighted by molar-refractivity contribution is -0.113. The number of nitrogens with two attached hydrogens (primary N) is 1. The highest BCUT2D eigenvalue weighted by molar-refractivity contribution is 7.95. The van der Waals surface area contributed by atoms with Crippen molar-refractivity contribution in [1.29, 1.82) is 0 Å². The average molecular weight is 396 g/mol. The molecule has 0 radical (unpaired) electrons. The van der Waals surface area contributed by atoms with Crippen molar-refractivity contribution in [3.8, 4) is 11.5 Å². The second-order valence-corrected chi connectivity index (χ2v) is 7.73. The molecule has 0 aliphatic rings. The number of sulfone groups is 1. The van der Waals surface area contributed by atoms with E-state index in [9.17, 15) is 13.2 Å². The third-order valence-corrected chi connectivity index (χ3v) is 5.54. The molecule has 0 spiro atoms. The Hall–Kier alpha value is -2.51. The Morgan fingerprint density at radius 1 is 1.08 bits per heavy atom. The molecule has 6 nitrogen and oxygen atoms in total. The van der Waals surface area contributed by atoms with E-state index in [1.165, 1.54) is 20.3 Å². The van der Waals surface area contributed by atoms with E-state index in [4.69, 9.17) is 26.8 Å². The van der Waals surface area contributed by atoms with E-state index < -0.39 is 26.4 Å². The summed E-state index contributed by atoms with van der Waals surface area (Å²) in [6.07, 6.45) is 1.17. The quantitative estimate of drug-likeness (QED) is 0.727. The molecular formula is C18H18ClNO5S. The highest BCUT2D eigenvalue weighted by Gasteiger charge is 2.25. The summed E-state index contributed by atoms with van der Waals surface area (Å²) in [7, 11) is -1.15. The van der Waals surface area contributed by atoms with Crippen LogP contribution in [0, 0.1) is 0 Å². The van der Waals surface area contributed by atoms with Crippen LogP contribution in [0.5, 0.6) is 11.5 Å². The van der Waals surface area contributed by atoms with Crippen LogP contribution in [0.25, 0.3) is 6.08 Å². The Kier molecular flexibility index (Phi) is 6.28. The Morgan fingerprint density at radius 3 is 2.08 bits per heavy atom. The Labute approximate surface area is 157 Å². The maximum Gasteiger partial charge on any atom is 0.260 e. The minimum Gasteiger partial charge on any atom is -0.496 e. The van der Waals surface area contributed by atoms with E-state index in [0.29, 0.717) is 27.6 Å². The third-order valence-electron chi connectivity index (χ3n) is 3.59. The first-order valence-corrected chi connectivity index (χ1v) is 9.51. The van der Waals surface area contributed by atoms with Crippen molar-refractivity contribution in [2.45, 2.75) is 5.75 Å². The number of amides is 1. The average Bonchev–Trinajstić information content (AvgIpc) is 2.60. The van der Waals surface area contributed by atoms with E-state index in [1.807, 2.05) is 0 Å². The topological polar surface area (TPSA) is 95.7 Å². The second-order valence-electron chi connectivity index (χ2n) is 5.33. The molecule has 0 unspecified atom stereocenters. The molecule has 0 aliphatic heterocycles. The van der Waals surface area contributed by atoms with Gasteiger partial charge in [0.05, 0.1) is 25.5 Å². The molecule has 1 amide bonds. The van der Waals surface area contributed by atoms with E-state index in [1.54, 1.807) is 42.5 Å². The van der Waals surface area contributed by atoms with Crippen LogP contribution in [0.2, 0.25) is 5.02 Å². The predicted octanol–water partition coefficient (Wildman–Crippen LogP) is 2.80. The van der Waals surface area contributed by atoms with Crippen molar-refractivity contribution in [2.24, 2.45) is 5.73 Å². The van der Waals surface area contributed by atoms with Crippen LogP contribution >= 0.6 is 11.6 Å². The molecule has 138 valence electrons. The smallest absolute Gasteiger partial charge is 0.260 e. The fourth-order valence-electron chi connectivity index (χ4n) is 2.35. The zero-order valence-corrected chi connectivity index (χ0v) is 15.8. The van der Waals surface area contributed by atoms with Crippen LogP contribution in [0.15, 0.2) is 47.4 Å². The van der Waals surface area contributed by atoms with Gasteiger partial charge in [-0.3, -0.25) is 4.79 Å². The standard InChI is InChI=1S/C18H18ClNO5S/c1-24-15-4-3-5-16(25-2)14(15)10-17(18(20)21)26(22,23)11-12-6-8-13(19)9-7-12/h3-10H,11H2,1-2H3,(H2,20,21)/b17-10+. The first-order chi connectivity index (χ1) is 12.3. The minimum absolute atomic E-state index is 0.311. The molecule has 0 heterocycles. The molecule has 2 aromatic carbocycles. The highest BCUT2D eigenvalue weighted by Crippen LogP contribution is 2.32. The van der Waals surface area contributed by atoms with Crippen LogP contribution < -0.4 is 15.2 Å². The molecule has 0 atom stereocenters. The maximum absolute atomic E-state index is 12.7. The summed E-state index contributed by atoms with van der Waals surface area (Å²) in [5.74, 6) is -0.752. The van der Waals surface area contributed by atoms with Gasteiger partial charge in [-0.05, 0) is 35.9 Å². The maximum atomic E-state index is 12.7. The zero-order valence-electron chi connectivity index (χ0n) is 14.2. The lowest BCUT2D eigenvalue weighted by Gasteiger charge is -2.12. The molecule has 0 aliphatic carbocycles. The van der Waals surface area contributed by atoms with Crippen molar-refractivity contribution in [3.63, 3.8) is 0 Å². The first kappa shape index (κ1) is 19.8. The Morgan fingerprint density at radius 2 is 1.62 bits per heavy atom. The SMILES string of the molecule is COc1cccc(OC)c1/C=C(\C(N)=O)S(=O)(=O)Cc1ccc(Cl)cc1. The zero-order chi connectivity index (χ0) is 19.3. The summed E-state index contributed by atoms with van der Waals surface area (Å²) >= 11 is 5.81. The van der Waals surface area contributed by atoms with Gasteiger partial charge in [0.25, 0.3) is 5.91 Å². The fourth-order valence-corrected chi connectivity index (χ4v) is 3.86. The number of hydrogen-bond donors (Lipinski definition) is 1. The summed E-state index contributed by atoms with van der Waals surface area (Å²) in [6, 6.07) is 11.2. The van der Waals surface area contributed by atoms with Gasteiger partial charge in [0.1, 0.15) is 16.4 Å². The summed E-state index contributed by atoms with van der Waals surface area (Å²) in [5, 5.41) is 0.482. The van der Waals surface area contributed by atoms with Crippen LogP contribution in [-0.4, -0.2) is 28.5 Å². The van der Waals surface area contributed by atoms with Crippen molar-refractivity contribution in [1.82, 2.24) is 0 Å². The van der Waals surface area contributed by atoms with E-state index in [0.717, 1.165) is 0 Å². The van der Waals surface area contributed by atoms with Gasteiger partial charge < -0.3 is 15.2 Å². The van der Waals surface area contributed by atoms with Crippen molar-refractivity contribution >= 4 is 33.4 Å². The molecule has 2 aromatic rings.